The number of hydrazine groups is 1. The lowest BCUT2D eigenvalue weighted by atomic mass is 9.94. The SMILES string of the molecule is Cc1ccc(-n2nc(C3CCCN(CC4CNNC4)C3)cc2NC(=O)c2cnn3cccnc23)cc1. The van der Waals surface area contributed by atoms with Crippen LogP contribution in [0.4, 0.5) is 5.82 Å². The summed E-state index contributed by atoms with van der Waals surface area (Å²) < 4.78 is 3.44. The molecule has 0 spiro atoms. The average Bonchev–Trinajstić information content (AvgIpc) is 3.65. The molecule has 10 nitrogen and oxygen atoms in total. The van der Waals surface area contributed by atoms with E-state index < -0.39 is 0 Å². The monoisotopic (exact) mass is 485 g/mol. The summed E-state index contributed by atoms with van der Waals surface area (Å²) in [5, 5.41) is 12.4. The summed E-state index contributed by atoms with van der Waals surface area (Å²) in [6, 6.07) is 12.0. The van der Waals surface area contributed by atoms with Crippen LogP contribution >= 0.6 is 0 Å². The first kappa shape index (κ1) is 22.8. The molecular formula is C26H31N9O. The van der Waals surface area contributed by atoms with Gasteiger partial charge in [0.05, 0.1) is 17.6 Å². The average molecular weight is 486 g/mol. The highest BCUT2D eigenvalue weighted by Crippen LogP contribution is 2.30. The Labute approximate surface area is 209 Å². The maximum atomic E-state index is 13.3. The summed E-state index contributed by atoms with van der Waals surface area (Å²) in [5.74, 6) is 1.34. The Hall–Kier alpha value is -3.60. The Morgan fingerprint density at radius 1 is 1.19 bits per heavy atom. The number of likely N-dealkylation sites (tertiary alicyclic amines) is 1. The molecule has 3 aromatic heterocycles. The van der Waals surface area contributed by atoms with Gasteiger partial charge < -0.3 is 10.2 Å². The van der Waals surface area contributed by atoms with Gasteiger partial charge in [0.1, 0.15) is 11.4 Å². The quantitative estimate of drug-likeness (QED) is 0.385. The van der Waals surface area contributed by atoms with Crippen LogP contribution in [0.2, 0.25) is 0 Å². The standard InChI is InChI=1S/C26H31N9O/c1-18-5-7-21(8-6-18)35-24(31-26(36)22-15-30-34-11-3-9-27-25(22)34)12-23(32-35)20-4-2-10-33(17-20)16-19-13-28-29-14-19/h3,5-9,11-12,15,19-20,28-29H,2,4,10,13-14,16-17H2,1H3,(H,31,36). The molecule has 0 radical (unpaired) electrons. The van der Waals surface area contributed by atoms with Gasteiger partial charge in [-0.2, -0.15) is 10.2 Å². The number of piperidine rings is 1. The van der Waals surface area contributed by atoms with Crippen molar-refractivity contribution in [2.24, 2.45) is 5.92 Å². The van der Waals surface area contributed by atoms with E-state index in [1.165, 1.54) is 5.56 Å². The minimum Gasteiger partial charge on any atom is -0.306 e. The fraction of sp³-hybridized carbons (Fsp3) is 0.385. The van der Waals surface area contributed by atoms with Gasteiger partial charge in [-0.05, 0) is 50.4 Å². The summed E-state index contributed by atoms with van der Waals surface area (Å²) in [5.41, 5.74) is 10.5. The molecule has 2 fully saturated rings. The molecule has 1 atom stereocenters. The Morgan fingerprint density at radius 3 is 2.86 bits per heavy atom. The molecule has 1 amide bonds. The number of aromatic nitrogens is 5. The molecule has 3 N–H and O–H groups in total. The molecule has 0 saturated carbocycles. The van der Waals surface area contributed by atoms with Crippen LogP contribution in [0.3, 0.4) is 0 Å². The second-order valence-electron chi connectivity index (χ2n) is 9.83. The third kappa shape index (κ3) is 4.62. The van der Waals surface area contributed by atoms with Gasteiger partial charge in [-0.3, -0.25) is 15.6 Å². The van der Waals surface area contributed by atoms with Crippen molar-refractivity contribution in [2.45, 2.75) is 25.7 Å². The fourth-order valence-electron chi connectivity index (χ4n) is 5.20. The molecule has 186 valence electrons. The van der Waals surface area contributed by atoms with Crippen LogP contribution in [0.15, 0.2) is 55.0 Å². The Kier molecular flexibility index (Phi) is 6.22. The van der Waals surface area contributed by atoms with E-state index in [0.717, 1.165) is 56.9 Å². The highest BCUT2D eigenvalue weighted by Gasteiger charge is 2.28. The third-order valence-corrected chi connectivity index (χ3v) is 7.12. The molecule has 2 aliphatic heterocycles. The number of hydrogen-bond donors (Lipinski definition) is 3. The highest BCUT2D eigenvalue weighted by atomic mass is 16.1. The smallest absolute Gasteiger partial charge is 0.262 e. The predicted molar refractivity (Wildman–Crippen MR) is 137 cm³/mol. The van der Waals surface area contributed by atoms with E-state index in [-0.39, 0.29) is 5.91 Å². The van der Waals surface area contributed by atoms with E-state index in [1.54, 1.807) is 29.2 Å². The van der Waals surface area contributed by atoms with Crippen molar-refractivity contribution in [3.63, 3.8) is 0 Å². The van der Waals surface area contributed by atoms with Gasteiger partial charge in [0.2, 0.25) is 0 Å². The van der Waals surface area contributed by atoms with Crippen LogP contribution in [0.1, 0.15) is 40.4 Å². The third-order valence-electron chi connectivity index (χ3n) is 7.12. The molecule has 5 heterocycles. The van der Waals surface area contributed by atoms with Crippen molar-refractivity contribution >= 4 is 17.4 Å². The predicted octanol–water partition coefficient (Wildman–Crippen LogP) is 2.38. The van der Waals surface area contributed by atoms with Gasteiger partial charge >= 0.3 is 0 Å². The summed E-state index contributed by atoms with van der Waals surface area (Å²) >= 11 is 0. The van der Waals surface area contributed by atoms with E-state index in [2.05, 4.69) is 50.2 Å². The lowest BCUT2D eigenvalue weighted by Crippen LogP contribution is -2.39. The number of benzene rings is 1. The number of nitrogens with zero attached hydrogens (tertiary/aromatic N) is 6. The van der Waals surface area contributed by atoms with Crippen LogP contribution in [0.25, 0.3) is 11.3 Å². The minimum absolute atomic E-state index is 0.255. The summed E-state index contributed by atoms with van der Waals surface area (Å²) in [6.07, 6.45) is 7.23. The van der Waals surface area contributed by atoms with E-state index in [9.17, 15) is 4.79 Å². The molecule has 36 heavy (non-hydrogen) atoms. The first-order chi connectivity index (χ1) is 17.6. The second-order valence-corrected chi connectivity index (χ2v) is 9.83. The first-order valence-electron chi connectivity index (χ1n) is 12.6. The van der Waals surface area contributed by atoms with Crippen molar-refractivity contribution in [1.29, 1.82) is 0 Å². The summed E-state index contributed by atoms with van der Waals surface area (Å²) in [4.78, 5) is 20.2. The molecule has 1 unspecified atom stereocenters. The zero-order chi connectivity index (χ0) is 24.5. The Morgan fingerprint density at radius 2 is 2.03 bits per heavy atom. The number of amides is 1. The Balaban J connectivity index is 1.28. The van der Waals surface area contributed by atoms with Crippen molar-refractivity contribution in [2.75, 3.05) is 38.0 Å². The minimum atomic E-state index is -0.255. The molecule has 2 aliphatic rings. The van der Waals surface area contributed by atoms with Gasteiger partial charge in [-0.15, -0.1) is 0 Å². The fourth-order valence-corrected chi connectivity index (χ4v) is 5.20. The number of carbonyl (C=O) groups is 1. The van der Waals surface area contributed by atoms with Crippen LogP contribution in [-0.4, -0.2) is 67.9 Å². The largest absolute Gasteiger partial charge is 0.306 e. The zero-order valence-electron chi connectivity index (χ0n) is 20.4. The zero-order valence-corrected chi connectivity index (χ0v) is 20.4. The van der Waals surface area contributed by atoms with E-state index in [1.807, 2.05) is 22.9 Å². The van der Waals surface area contributed by atoms with Crippen LogP contribution in [0.5, 0.6) is 0 Å². The molecule has 1 aromatic carbocycles. The molecule has 6 rings (SSSR count). The lowest BCUT2D eigenvalue weighted by molar-refractivity contribution is 0.102. The van der Waals surface area contributed by atoms with E-state index >= 15 is 0 Å². The Bertz CT molecular complexity index is 1350. The van der Waals surface area contributed by atoms with Gasteiger partial charge in [0.25, 0.3) is 5.91 Å². The summed E-state index contributed by atoms with van der Waals surface area (Å²) in [6.45, 7) is 7.27. The van der Waals surface area contributed by atoms with Gasteiger partial charge in [-0.1, -0.05) is 17.7 Å². The van der Waals surface area contributed by atoms with E-state index in [4.69, 9.17) is 5.10 Å². The number of aryl methyl sites for hydroxylation is 1. The van der Waals surface area contributed by atoms with Crippen LogP contribution < -0.4 is 16.2 Å². The topological polar surface area (TPSA) is 104 Å². The number of rotatable bonds is 6. The van der Waals surface area contributed by atoms with E-state index in [0.29, 0.717) is 28.9 Å². The van der Waals surface area contributed by atoms with Crippen molar-refractivity contribution < 1.29 is 4.79 Å². The molecular weight excluding hydrogens is 454 g/mol. The van der Waals surface area contributed by atoms with Crippen LogP contribution in [-0.2, 0) is 0 Å². The molecule has 10 heteroatoms. The molecule has 0 bridgehead atoms. The second kappa shape index (κ2) is 9.81. The maximum absolute atomic E-state index is 13.3. The number of carbonyl (C=O) groups excluding carboxylic acids is 1. The number of nitrogens with one attached hydrogen (secondary N) is 3. The van der Waals surface area contributed by atoms with Gasteiger partial charge in [-0.25, -0.2) is 14.2 Å². The number of fused-ring (bicyclic) bond motifs is 1. The number of hydrogen-bond acceptors (Lipinski definition) is 7. The van der Waals surface area contributed by atoms with Gasteiger partial charge in [0, 0.05) is 50.6 Å². The van der Waals surface area contributed by atoms with Crippen molar-refractivity contribution in [3.8, 4) is 5.69 Å². The van der Waals surface area contributed by atoms with Crippen LogP contribution in [0, 0.1) is 12.8 Å². The molecule has 2 saturated heterocycles. The van der Waals surface area contributed by atoms with Gasteiger partial charge in [0.15, 0.2) is 5.65 Å². The van der Waals surface area contributed by atoms with Crippen molar-refractivity contribution in [1.82, 2.24) is 40.1 Å². The lowest BCUT2D eigenvalue weighted by Gasteiger charge is -2.33. The molecule has 0 aliphatic carbocycles. The molecule has 4 aromatic rings. The first-order valence-corrected chi connectivity index (χ1v) is 12.6. The number of anilines is 1. The highest BCUT2D eigenvalue weighted by molar-refractivity contribution is 6.07. The van der Waals surface area contributed by atoms with Crippen molar-refractivity contribution in [3.05, 3.63) is 71.8 Å². The normalized spacial score (nSPS) is 19.2. The maximum Gasteiger partial charge on any atom is 0.262 e. The summed E-state index contributed by atoms with van der Waals surface area (Å²) in [7, 11) is 0.